The Labute approximate surface area is 107 Å². The number of nitrogens with two attached hydrogens (primary N) is 1. The van der Waals surface area contributed by atoms with E-state index in [-0.39, 0.29) is 12.0 Å². The minimum Gasteiger partial charge on any atom is -0.397 e. The Bertz CT molecular complexity index is 436. The van der Waals surface area contributed by atoms with E-state index < -0.39 is 17.8 Å². The zero-order valence-corrected chi connectivity index (χ0v) is 10.9. The zero-order chi connectivity index (χ0) is 13.5. The van der Waals surface area contributed by atoms with E-state index in [0.29, 0.717) is 5.69 Å². The normalized spacial score (nSPS) is 40.7. The summed E-state index contributed by atoms with van der Waals surface area (Å²) in [5.41, 5.74) is 5.98. The molecule has 5 nitrogen and oxygen atoms in total. The molecule has 2 rings (SSSR count). The molecule has 5 atom stereocenters. The molecule has 4 N–H and O–H groups in total. The third-order valence-electron chi connectivity index (χ3n) is 3.94. The Balaban J connectivity index is 2.34. The van der Waals surface area contributed by atoms with Crippen molar-refractivity contribution in [1.82, 2.24) is 4.98 Å². The topological polar surface area (TPSA) is 88.6 Å². The first-order valence-corrected chi connectivity index (χ1v) is 6.11. The van der Waals surface area contributed by atoms with Crippen molar-refractivity contribution in [3.05, 3.63) is 24.0 Å². The molecule has 0 amide bonds. The number of nitrogens with zero attached hydrogens (tertiary/aromatic N) is 1. The van der Waals surface area contributed by atoms with Gasteiger partial charge in [0.1, 0.15) is 5.60 Å². The van der Waals surface area contributed by atoms with Crippen molar-refractivity contribution in [3.8, 4) is 0 Å². The Morgan fingerprint density at radius 2 is 2.11 bits per heavy atom. The fraction of sp³-hybridized carbons (Fsp3) is 0.615. The Hall–Kier alpha value is -1.17. The van der Waals surface area contributed by atoms with Crippen molar-refractivity contribution < 1.29 is 14.9 Å². The van der Waals surface area contributed by atoms with Crippen LogP contribution < -0.4 is 5.73 Å². The molecule has 1 saturated heterocycles. The number of pyridine rings is 1. The van der Waals surface area contributed by atoms with E-state index in [1.54, 1.807) is 32.3 Å². The third-order valence-corrected chi connectivity index (χ3v) is 3.94. The number of hydrogen-bond donors (Lipinski definition) is 3. The Morgan fingerprint density at radius 3 is 2.72 bits per heavy atom. The summed E-state index contributed by atoms with van der Waals surface area (Å²) in [4.78, 5) is 3.94. The summed E-state index contributed by atoms with van der Waals surface area (Å²) in [6.07, 6.45) is 1.54. The van der Waals surface area contributed by atoms with E-state index in [2.05, 4.69) is 4.98 Å². The highest BCUT2D eigenvalue weighted by atomic mass is 16.5. The maximum Gasteiger partial charge on any atom is 0.114 e. The van der Waals surface area contributed by atoms with Crippen LogP contribution in [-0.4, -0.2) is 33.0 Å². The van der Waals surface area contributed by atoms with Gasteiger partial charge >= 0.3 is 0 Å². The molecule has 1 aromatic rings. The summed E-state index contributed by atoms with van der Waals surface area (Å²) in [5.74, 6) is -0.249. The van der Waals surface area contributed by atoms with Crippen LogP contribution in [-0.2, 0) is 4.74 Å². The summed E-state index contributed by atoms with van der Waals surface area (Å²) in [6, 6.07) is 1.79. The lowest BCUT2D eigenvalue weighted by Crippen LogP contribution is -2.58. The molecule has 18 heavy (non-hydrogen) atoms. The maximum absolute atomic E-state index is 10.2. The lowest BCUT2D eigenvalue weighted by Gasteiger charge is -2.47. The zero-order valence-electron chi connectivity index (χ0n) is 10.9. The average molecular weight is 252 g/mol. The third kappa shape index (κ3) is 1.98. The summed E-state index contributed by atoms with van der Waals surface area (Å²) in [5, 5.41) is 20.4. The predicted molar refractivity (Wildman–Crippen MR) is 67.7 cm³/mol. The van der Waals surface area contributed by atoms with E-state index in [9.17, 15) is 10.2 Å². The molecule has 0 bridgehead atoms. The van der Waals surface area contributed by atoms with Gasteiger partial charge in [-0.15, -0.1) is 0 Å². The van der Waals surface area contributed by atoms with Crippen molar-refractivity contribution in [2.24, 2.45) is 5.92 Å². The van der Waals surface area contributed by atoms with Gasteiger partial charge in [-0.25, -0.2) is 0 Å². The number of aliphatic hydroxyl groups is 2. The molecule has 0 aliphatic carbocycles. The van der Waals surface area contributed by atoms with E-state index in [0.717, 1.165) is 5.56 Å². The molecule has 0 aromatic carbocycles. The van der Waals surface area contributed by atoms with Gasteiger partial charge in [-0.3, -0.25) is 4.98 Å². The van der Waals surface area contributed by atoms with Crippen molar-refractivity contribution in [1.29, 1.82) is 0 Å². The van der Waals surface area contributed by atoms with Gasteiger partial charge in [0.2, 0.25) is 0 Å². The monoisotopic (exact) mass is 252 g/mol. The van der Waals surface area contributed by atoms with Crippen LogP contribution in [0.3, 0.4) is 0 Å². The smallest absolute Gasteiger partial charge is 0.114 e. The van der Waals surface area contributed by atoms with Gasteiger partial charge in [0.05, 0.1) is 30.2 Å². The quantitative estimate of drug-likeness (QED) is 0.690. The molecule has 0 unspecified atom stereocenters. The lowest BCUT2D eigenvalue weighted by molar-refractivity contribution is -0.239. The first kappa shape index (κ1) is 13.3. The molecule has 1 aromatic heterocycles. The molecule has 5 heteroatoms. The minimum atomic E-state index is -1.25. The summed E-state index contributed by atoms with van der Waals surface area (Å²) >= 11 is 0. The van der Waals surface area contributed by atoms with Gasteiger partial charge in [-0.05, 0) is 19.9 Å². The lowest BCUT2D eigenvalue weighted by atomic mass is 9.78. The first-order valence-electron chi connectivity index (χ1n) is 6.11. The fourth-order valence-electron chi connectivity index (χ4n) is 2.45. The highest BCUT2D eigenvalue weighted by molar-refractivity contribution is 5.45. The fourth-order valence-corrected chi connectivity index (χ4v) is 2.45. The summed E-state index contributed by atoms with van der Waals surface area (Å²) in [6.45, 7) is 5.18. The molecule has 0 spiro atoms. The summed E-state index contributed by atoms with van der Waals surface area (Å²) < 4.78 is 5.83. The number of ether oxygens (including phenoxy) is 1. The van der Waals surface area contributed by atoms with Crippen LogP contribution in [0.1, 0.15) is 32.4 Å². The van der Waals surface area contributed by atoms with Crippen molar-refractivity contribution >= 4 is 5.69 Å². The highest BCUT2D eigenvalue weighted by Gasteiger charge is 2.49. The molecule has 2 heterocycles. The SMILES string of the molecule is C[C@@H]1[C@@H](O)[C@](C)(O)[C@@H](C)O[C@H]1c1ccncc1N. The molecular weight excluding hydrogens is 232 g/mol. The average Bonchev–Trinajstić information content (AvgIpc) is 2.33. The molecule has 1 aliphatic rings. The number of aliphatic hydroxyl groups excluding tert-OH is 1. The van der Waals surface area contributed by atoms with E-state index >= 15 is 0 Å². The van der Waals surface area contributed by atoms with Crippen LogP contribution in [0.15, 0.2) is 18.5 Å². The van der Waals surface area contributed by atoms with Gasteiger partial charge < -0.3 is 20.7 Å². The molecule has 1 fully saturated rings. The van der Waals surface area contributed by atoms with Gasteiger partial charge in [0.25, 0.3) is 0 Å². The molecule has 1 aliphatic heterocycles. The van der Waals surface area contributed by atoms with Gasteiger partial charge in [-0.2, -0.15) is 0 Å². The molecule has 0 saturated carbocycles. The number of hydrogen-bond acceptors (Lipinski definition) is 5. The molecule has 100 valence electrons. The van der Waals surface area contributed by atoms with Crippen molar-refractivity contribution in [3.63, 3.8) is 0 Å². The number of nitrogen functional groups attached to an aromatic ring is 1. The Kier molecular flexibility index (Phi) is 3.31. The van der Waals surface area contributed by atoms with Crippen LogP contribution in [0.4, 0.5) is 5.69 Å². The second-order valence-electron chi connectivity index (χ2n) is 5.23. The van der Waals surface area contributed by atoms with Gasteiger partial charge in [0.15, 0.2) is 0 Å². The maximum atomic E-state index is 10.2. The standard InChI is InChI=1S/C13H20N2O3/c1-7-11(9-4-5-15-6-10(9)14)18-8(2)13(3,17)12(7)16/h4-8,11-12,16-17H,14H2,1-3H3/t7-,8+,11+,12+,13+/m0/s1. The van der Waals surface area contributed by atoms with Crippen LogP contribution in [0.5, 0.6) is 0 Å². The van der Waals surface area contributed by atoms with E-state index in [1.807, 2.05) is 6.92 Å². The molecular formula is C13H20N2O3. The highest BCUT2D eigenvalue weighted by Crippen LogP contribution is 2.42. The van der Waals surface area contributed by atoms with Crippen LogP contribution in [0.2, 0.25) is 0 Å². The minimum absolute atomic E-state index is 0.249. The number of aromatic nitrogens is 1. The van der Waals surface area contributed by atoms with Crippen LogP contribution >= 0.6 is 0 Å². The van der Waals surface area contributed by atoms with Crippen LogP contribution in [0.25, 0.3) is 0 Å². The van der Waals surface area contributed by atoms with Gasteiger partial charge in [0, 0.05) is 17.7 Å². The second kappa shape index (κ2) is 4.50. The second-order valence-corrected chi connectivity index (χ2v) is 5.23. The van der Waals surface area contributed by atoms with E-state index in [1.165, 1.54) is 0 Å². The summed E-state index contributed by atoms with van der Waals surface area (Å²) in [7, 11) is 0. The van der Waals surface area contributed by atoms with Crippen molar-refractivity contribution in [2.45, 2.75) is 44.7 Å². The predicted octanol–water partition coefficient (Wildman–Crippen LogP) is 0.872. The van der Waals surface area contributed by atoms with E-state index in [4.69, 9.17) is 10.5 Å². The number of anilines is 1. The first-order chi connectivity index (χ1) is 8.35. The van der Waals surface area contributed by atoms with Crippen molar-refractivity contribution in [2.75, 3.05) is 5.73 Å². The molecule has 0 radical (unpaired) electrons. The Morgan fingerprint density at radius 1 is 1.44 bits per heavy atom. The van der Waals surface area contributed by atoms with Crippen LogP contribution in [0, 0.1) is 5.92 Å². The number of rotatable bonds is 1. The largest absolute Gasteiger partial charge is 0.397 e. The van der Waals surface area contributed by atoms with Gasteiger partial charge in [-0.1, -0.05) is 6.92 Å².